The molecule has 0 amide bonds. The summed E-state index contributed by atoms with van der Waals surface area (Å²) in [5.74, 6) is 0.703. The highest BCUT2D eigenvalue weighted by molar-refractivity contribution is 7.15. The van der Waals surface area contributed by atoms with Gasteiger partial charge in [-0.15, -0.1) is 11.3 Å². The predicted octanol–water partition coefficient (Wildman–Crippen LogP) is 4.22. The van der Waals surface area contributed by atoms with Crippen molar-refractivity contribution >= 4 is 16.5 Å². The first kappa shape index (κ1) is 16.8. The number of anilines is 1. The lowest BCUT2D eigenvalue weighted by Gasteiger charge is -2.33. The molecule has 3 nitrogen and oxygen atoms in total. The summed E-state index contributed by atoms with van der Waals surface area (Å²) in [5, 5.41) is 4.84. The van der Waals surface area contributed by atoms with Crippen molar-refractivity contribution in [3.05, 3.63) is 10.6 Å². The van der Waals surface area contributed by atoms with E-state index in [2.05, 4.69) is 37.9 Å². The number of aryl methyl sites for hydroxylation is 1. The molecule has 21 heavy (non-hydrogen) atoms. The molecule has 1 aromatic rings. The van der Waals surface area contributed by atoms with Gasteiger partial charge in [0.2, 0.25) is 0 Å². The number of piperidine rings is 1. The van der Waals surface area contributed by atoms with Crippen molar-refractivity contribution < 1.29 is 0 Å². The third-order valence-electron chi connectivity index (χ3n) is 4.14. The monoisotopic (exact) mass is 309 g/mol. The third kappa shape index (κ3) is 4.68. The Labute approximate surface area is 134 Å². The van der Waals surface area contributed by atoms with Crippen molar-refractivity contribution in [1.29, 1.82) is 0 Å². The van der Waals surface area contributed by atoms with Crippen molar-refractivity contribution in [2.75, 3.05) is 18.0 Å². The van der Waals surface area contributed by atoms with Crippen LogP contribution in [0.2, 0.25) is 0 Å². The van der Waals surface area contributed by atoms with Crippen LogP contribution in [0.25, 0.3) is 0 Å². The Morgan fingerprint density at radius 3 is 2.86 bits per heavy atom. The van der Waals surface area contributed by atoms with Crippen molar-refractivity contribution in [2.45, 2.75) is 72.4 Å². The molecule has 1 aliphatic rings. The summed E-state index contributed by atoms with van der Waals surface area (Å²) < 4.78 is 0. The first-order valence-electron chi connectivity index (χ1n) is 8.57. The lowest BCUT2D eigenvalue weighted by atomic mass is 10.0. The van der Waals surface area contributed by atoms with Crippen LogP contribution >= 0.6 is 11.3 Å². The molecular weight excluding hydrogens is 278 g/mol. The standard InChI is InChI=1S/C17H31N3S/c1-5-8-15-16(12-18-11-13(2)3)21-17(19-15)20-10-7-6-9-14(20)4/h13-14,18H,5-12H2,1-4H3. The summed E-state index contributed by atoms with van der Waals surface area (Å²) in [4.78, 5) is 8.95. The molecule has 2 rings (SSSR count). The minimum Gasteiger partial charge on any atom is -0.345 e. The Morgan fingerprint density at radius 1 is 1.38 bits per heavy atom. The van der Waals surface area contributed by atoms with E-state index >= 15 is 0 Å². The Balaban J connectivity index is 2.08. The minimum absolute atomic E-state index is 0.649. The summed E-state index contributed by atoms with van der Waals surface area (Å²) in [5.41, 5.74) is 1.33. The maximum atomic E-state index is 4.98. The van der Waals surface area contributed by atoms with Gasteiger partial charge in [0.05, 0.1) is 5.69 Å². The van der Waals surface area contributed by atoms with E-state index in [4.69, 9.17) is 4.98 Å². The van der Waals surface area contributed by atoms with E-state index in [1.165, 1.54) is 47.9 Å². The third-order valence-corrected chi connectivity index (χ3v) is 5.28. The zero-order valence-electron chi connectivity index (χ0n) is 14.1. The molecule has 120 valence electrons. The van der Waals surface area contributed by atoms with Crippen LogP contribution in [-0.4, -0.2) is 24.1 Å². The van der Waals surface area contributed by atoms with E-state index in [9.17, 15) is 0 Å². The Kier molecular flexibility index (Phi) is 6.49. The molecular formula is C17H31N3S. The maximum absolute atomic E-state index is 4.98. The van der Waals surface area contributed by atoms with E-state index in [0.717, 1.165) is 19.5 Å². The molecule has 2 heterocycles. The molecule has 1 saturated heterocycles. The first-order valence-corrected chi connectivity index (χ1v) is 9.39. The smallest absolute Gasteiger partial charge is 0.186 e. The second kappa shape index (κ2) is 8.14. The fraction of sp³-hybridized carbons (Fsp3) is 0.824. The predicted molar refractivity (Wildman–Crippen MR) is 93.3 cm³/mol. The lowest BCUT2D eigenvalue weighted by Crippen LogP contribution is -2.37. The summed E-state index contributed by atoms with van der Waals surface area (Å²) in [6.45, 7) is 12.3. The molecule has 1 unspecified atom stereocenters. The Hall–Kier alpha value is -0.610. The van der Waals surface area contributed by atoms with Crippen molar-refractivity contribution in [1.82, 2.24) is 10.3 Å². The average Bonchev–Trinajstić information content (AvgIpc) is 2.82. The Morgan fingerprint density at radius 2 is 2.19 bits per heavy atom. The highest BCUT2D eigenvalue weighted by Gasteiger charge is 2.22. The number of hydrogen-bond donors (Lipinski definition) is 1. The quantitative estimate of drug-likeness (QED) is 0.817. The van der Waals surface area contributed by atoms with Crippen molar-refractivity contribution in [3.8, 4) is 0 Å². The average molecular weight is 310 g/mol. The van der Waals surface area contributed by atoms with Gasteiger partial charge in [0.25, 0.3) is 0 Å². The number of thiazole rings is 1. The van der Waals surface area contributed by atoms with Gasteiger partial charge in [-0.1, -0.05) is 27.2 Å². The van der Waals surface area contributed by atoms with E-state index in [-0.39, 0.29) is 0 Å². The number of nitrogens with zero attached hydrogens (tertiary/aromatic N) is 2. The second-order valence-electron chi connectivity index (χ2n) is 6.68. The molecule has 4 heteroatoms. The molecule has 1 fully saturated rings. The van der Waals surface area contributed by atoms with Crippen LogP contribution < -0.4 is 10.2 Å². The first-order chi connectivity index (χ1) is 10.1. The second-order valence-corrected chi connectivity index (χ2v) is 7.74. The van der Waals surface area contributed by atoms with E-state index < -0.39 is 0 Å². The van der Waals surface area contributed by atoms with E-state index in [1.807, 2.05) is 11.3 Å². The van der Waals surface area contributed by atoms with Gasteiger partial charge in [-0.2, -0.15) is 0 Å². The summed E-state index contributed by atoms with van der Waals surface area (Å²) in [6.07, 6.45) is 6.28. The van der Waals surface area contributed by atoms with Crippen LogP contribution in [0.4, 0.5) is 5.13 Å². The van der Waals surface area contributed by atoms with Crippen LogP contribution in [0.3, 0.4) is 0 Å². The molecule has 1 aliphatic heterocycles. The largest absolute Gasteiger partial charge is 0.345 e. The zero-order chi connectivity index (χ0) is 15.2. The van der Waals surface area contributed by atoms with Crippen LogP contribution in [0.1, 0.15) is 63.9 Å². The van der Waals surface area contributed by atoms with Crippen LogP contribution in [-0.2, 0) is 13.0 Å². The van der Waals surface area contributed by atoms with E-state index in [1.54, 1.807) is 0 Å². The van der Waals surface area contributed by atoms with Crippen LogP contribution in [0.5, 0.6) is 0 Å². The number of aromatic nitrogens is 1. The molecule has 1 atom stereocenters. The van der Waals surface area contributed by atoms with Gasteiger partial charge < -0.3 is 10.2 Å². The highest BCUT2D eigenvalue weighted by Crippen LogP contribution is 2.31. The topological polar surface area (TPSA) is 28.2 Å². The SMILES string of the molecule is CCCc1nc(N2CCCCC2C)sc1CNCC(C)C. The summed E-state index contributed by atoms with van der Waals surface area (Å²) >= 11 is 1.91. The summed E-state index contributed by atoms with van der Waals surface area (Å²) in [7, 11) is 0. The van der Waals surface area contributed by atoms with Gasteiger partial charge >= 0.3 is 0 Å². The molecule has 1 N–H and O–H groups in total. The molecule has 0 radical (unpaired) electrons. The fourth-order valence-electron chi connectivity index (χ4n) is 2.92. The molecule has 0 spiro atoms. The normalized spacial score (nSPS) is 19.5. The fourth-order valence-corrected chi connectivity index (χ4v) is 4.12. The summed E-state index contributed by atoms with van der Waals surface area (Å²) in [6, 6.07) is 0.649. The lowest BCUT2D eigenvalue weighted by molar-refractivity contribution is 0.484. The van der Waals surface area contributed by atoms with Gasteiger partial charge in [0, 0.05) is 24.0 Å². The van der Waals surface area contributed by atoms with Gasteiger partial charge in [-0.3, -0.25) is 0 Å². The van der Waals surface area contributed by atoms with Crippen molar-refractivity contribution in [3.63, 3.8) is 0 Å². The molecule has 0 saturated carbocycles. The molecule has 0 aromatic carbocycles. The maximum Gasteiger partial charge on any atom is 0.186 e. The van der Waals surface area contributed by atoms with Gasteiger partial charge in [-0.25, -0.2) is 4.98 Å². The van der Waals surface area contributed by atoms with Crippen molar-refractivity contribution in [2.24, 2.45) is 5.92 Å². The highest BCUT2D eigenvalue weighted by atomic mass is 32.1. The number of rotatable bonds is 7. The van der Waals surface area contributed by atoms with E-state index in [0.29, 0.717) is 12.0 Å². The molecule has 1 aromatic heterocycles. The number of nitrogens with one attached hydrogen (secondary N) is 1. The van der Waals surface area contributed by atoms with Gasteiger partial charge in [0.1, 0.15) is 0 Å². The number of hydrogen-bond acceptors (Lipinski definition) is 4. The van der Waals surface area contributed by atoms with Crippen LogP contribution in [0, 0.1) is 5.92 Å². The zero-order valence-corrected chi connectivity index (χ0v) is 14.9. The van der Waals surface area contributed by atoms with Crippen LogP contribution in [0.15, 0.2) is 0 Å². The molecule has 0 bridgehead atoms. The van der Waals surface area contributed by atoms with Gasteiger partial charge in [-0.05, 0) is 45.1 Å². The minimum atomic E-state index is 0.649. The molecule has 0 aliphatic carbocycles. The van der Waals surface area contributed by atoms with Gasteiger partial charge in [0.15, 0.2) is 5.13 Å². The Bertz CT molecular complexity index is 428.